The number of carbonyl (C=O) groups is 2. The number of aryl methyl sites for hydroxylation is 2. The molecule has 0 aliphatic rings. The van der Waals surface area contributed by atoms with E-state index in [1.54, 1.807) is 18.2 Å². The van der Waals surface area contributed by atoms with Crippen molar-refractivity contribution in [2.45, 2.75) is 43.8 Å². The summed E-state index contributed by atoms with van der Waals surface area (Å²) in [6, 6.07) is 7.99. The zero-order valence-corrected chi connectivity index (χ0v) is 17.1. The number of amides is 2. The number of hydrogen-bond donors (Lipinski definition) is 2. The van der Waals surface area contributed by atoms with Crippen molar-refractivity contribution < 1.29 is 22.4 Å². The first-order chi connectivity index (χ1) is 13.3. The van der Waals surface area contributed by atoms with Gasteiger partial charge in [0.1, 0.15) is 11.0 Å². The molecule has 1 aromatic carbocycles. The Kier molecular flexibility index (Phi) is 7.39. The maximum Gasteiger partial charge on any atom is 0.309 e. The summed E-state index contributed by atoms with van der Waals surface area (Å²) >= 11 is 0. The van der Waals surface area contributed by atoms with Crippen LogP contribution in [0.1, 0.15) is 41.9 Å². The topological polar surface area (TPSA) is 105 Å². The normalized spacial score (nSPS) is 12.4. The molecule has 0 unspecified atom stereocenters. The minimum absolute atomic E-state index is 0.138. The van der Waals surface area contributed by atoms with Crippen molar-refractivity contribution in [2.24, 2.45) is 0 Å². The number of rotatable bonds is 8. The van der Waals surface area contributed by atoms with Crippen molar-refractivity contribution >= 4 is 21.7 Å². The first-order valence-corrected chi connectivity index (χ1v) is 10.7. The molecule has 0 bridgehead atoms. The molecule has 28 heavy (non-hydrogen) atoms. The van der Waals surface area contributed by atoms with Gasteiger partial charge in [-0.15, -0.1) is 0 Å². The van der Waals surface area contributed by atoms with Crippen LogP contribution in [0.4, 0.5) is 0 Å². The summed E-state index contributed by atoms with van der Waals surface area (Å²) in [4.78, 5) is 24.0. The minimum Gasteiger partial charge on any atom is -0.468 e. The van der Waals surface area contributed by atoms with E-state index in [0.717, 1.165) is 24.0 Å². The van der Waals surface area contributed by atoms with E-state index in [0.29, 0.717) is 6.54 Å². The standard InChI is InChI=1S/C20H26N2O5S/c1-4-5-10-21-19(23)20(24)22-13-18(17-7-6-11-27-17)28(25,26)16-9-8-14(2)15(3)12-16/h6-9,11-12,18H,4-5,10,13H2,1-3H3,(H,21,23)(H,22,24)/t18-/m1/s1. The fraction of sp³-hybridized carbons (Fsp3) is 0.400. The molecule has 0 fully saturated rings. The van der Waals surface area contributed by atoms with Crippen molar-refractivity contribution in [2.75, 3.05) is 13.1 Å². The van der Waals surface area contributed by atoms with E-state index in [9.17, 15) is 18.0 Å². The van der Waals surface area contributed by atoms with Gasteiger partial charge in [0.25, 0.3) is 0 Å². The Morgan fingerprint density at radius 2 is 1.79 bits per heavy atom. The minimum atomic E-state index is -3.85. The summed E-state index contributed by atoms with van der Waals surface area (Å²) < 4.78 is 31.7. The van der Waals surface area contributed by atoms with Gasteiger partial charge in [-0.3, -0.25) is 9.59 Å². The first kappa shape index (κ1) is 21.7. The highest BCUT2D eigenvalue weighted by atomic mass is 32.2. The molecule has 2 rings (SSSR count). The lowest BCUT2D eigenvalue weighted by atomic mass is 10.1. The number of furan rings is 1. The van der Waals surface area contributed by atoms with Crippen LogP contribution < -0.4 is 10.6 Å². The van der Waals surface area contributed by atoms with Gasteiger partial charge in [-0.05, 0) is 55.7 Å². The third kappa shape index (κ3) is 5.22. The monoisotopic (exact) mass is 406 g/mol. The SMILES string of the molecule is CCCCNC(=O)C(=O)NC[C@H](c1ccco1)S(=O)(=O)c1ccc(C)c(C)c1. The average Bonchev–Trinajstić information content (AvgIpc) is 3.18. The molecular weight excluding hydrogens is 380 g/mol. The van der Waals surface area contributed by atoms with Crippen LogP contribution in [0.15, 0.2) is 45.9 Å². The van der Waals surface area contributed by atoms with E-state index < -0.39 is 26.9 Å². The van der Waals surface area contributed by atoms with Gasteiger partial charge in [-0.25, -0.2) is 8.42 Å². The third-order valence-corrected chi connectivity index (χ3v) is 6.57. The number of sulfone groups is 1. The largest absolute Gasteiger partial charge is 0.468 e. The molecule has 7 nitrogen and oxygen atoms in total. The van der Waals surface area contributed by atoms with Crippen molar-refractivity contribution in [3.8, 4) is 0 Å². The van der Waals surface area contributed by atoms with Crippen LogP contribution in [-0.4, -0.2) is 33.3 Å². The Bertz CT molecular complexity index is 920. The Hall–Kier alpha value is -2.61. The van der Waals surface area contributed by atoms with Crippen molar-refractivity contribution in [1.82, 2.24) is 10.6 Å². The summed E-state index contributed by atoms with van der Waals surface area (Å²) in [6.07, 6.45) is 3.02. The summed E-state index contributed by atoms with van der Waals surface area (Å²) in [6.45, 7) is 5.82. The number of hydrogen-bond acceptors (Lipinski definition) is 5. The number of carbonyl (C=O) groups excluding carboxylic acids is 2. The zero-order chi connectivity index (χ0) is 20.7. The predicted molar refractivity (Wildman–Crippen MR) is 105 cm³/mol. The fourth-order valence-corrected chi connectivity index (χ4v) is 4.29. The van der Waals surface area contributed by atoms with Gasteiger partial charge in [0.2, 0.25) is 0 Å². The molecule has 2 N–H and O–H groups in total. The quantitative estimate of drug-likeness (QED) is 0.517. The number of benzene rings is 1. The van der Waals surface area contributed by atoms with Gasteiger partial charge in [0.15, 0.2) is 9.84 Å². The third-order valence-electron chi connectivity index (χ3n) is 4.51. The molecule has 2 aromatic rings. The second kappa shape index (κ2) is 9.54. The highest BCUT2D eigenvalue weighted by Crippen LogP contribution is 2.29. The van der Waals surface area contributed by atoms with Crippen molar-refractivity contribution in [3.05, 3.63) is 53.5 Å². The molecule has 1 atom stereocenters. The molecular formula is C20H26N2O5S. The maximum absolute atomic E-state index is 13.2. The molecule has 0 saturated heterocycles. The second-order valence-corrected chi connectivity index (χ2v) is 8.75. The molecule has 1 aromatic heterocycles. The zero-order valence-electron chi connectivity index (χ0n) is 16.3. The van der Waals surface area contributed by atoms with Crippen LogP contribution >= 0.6 is 0 Å². The first-order valence-electron chi connectivity index (χ1n) is 9.18. The molecule has 2 amide bonds. The second-order valence-electron chi connectivity index (χ2n) is 6.61. The fourth-order valence-electron chi connectivity index (χ4n) is 2.62. The van der Waals surface area contributed by atoms with Gasteiger partial charge in [-0.1, -0.05) is 19.4 Å². The van der Waals surface area contributed by atoms with Gasteiger partial charge in [0.05, 0.1) is 11.2 Å². The van der Waals surface area contributed by atoms with Crippen LogP contribution in [-0.2, 0) is 19.4 Å². The predicted octanol–water partition coefficient (Wildman–Crippen LogP) is 2.44. The Morgan fingerprint density at radius 3 is 2.39 bits per heavy atom. The summed E-state index contributed by atoms with van der Waals surface area (Å²) in [5, 5.41) is 3.77. The Balaban J connectivity index is 2.20. The van der Waals surface area contributed by atoms with Gasteiger partial charge < -0.3 is 15.1 Å². The molecule has 8 heteroatoms. The highest BCUT2D eigenvalue weighted by molar-refractivity contribution is 7.91. The van der Waals surface area contributed by atoms with Crippen LogP contribution in [0.25, 0.3) is 0 Å². The molecule has 1 heterocycles. The van der Waals surface area contributed by atoms with E-state index >= 15 is 0 Å². The summed E-state index contributed by atoms with van der Waals surface area (Å²) in [5.74, 6) is -1.46. The average molecular weight is 407 g/mol. The number of nitrogens with one attached hydrogen (secondary N) is 2. The van der Waals surface area contributed by atoms with Crippen LogP contribution in [0.2, 0.25) is 0 Å². The van der Waals surface area contributed by atoms with Crippen LogP contribution in [0.5, 0.6) is 0 Å². The van der Waals surface area contributed by atoms with E-state index in [1.165, 1.54) is 18.4 Å². The smallest absolute Gasteiger partial charge is 0.309 e. The van der Waals surface area contributed by atoms with Crippen molar-refractivity contribution in [3.63, 3.8) is 0 Å². The van der Waals surface area contributed by atoms with E-state index in [-0.39, 0.29) is 17.2 Å². The summed E-state index contributed by atoms with van der Waals surface area (Å²) in [5.41, 5.74) is 1.82. The van der Waals surface area contributed by atoms with E-state index in [4.69, 9.17) is 4.42 Å². The van der Waals surface area contributed by atoms with Gasteiger partial charge >= 0.3 is 11.8 Å². The molecule has 0 spiro atoms. The highest BCUT2D eigenvalue weighted by Gasteiger charge is 2.32. The molecule has 0 radical (unpaired) electrons. The lowest BCUT2D eigenvalue weighted by molar-refractivity contribution is -0.139. The van der Waals surface area contributed by atoms with Gasteiger partial charge in [0, 0.05) is 13.1 Å². The lowest BCUT2D eigenvalue weighted by Crippen LogP contribution is -2.42. The molecule has 0 aliphatic heterocycles. The Labute approximate surface area is 165 Å². The Morgan fingerprint density at radius 1 is 1.07 bits per heavy atom. The van der Waals surface area contributed by atoms with Crippen LogP contribution in [0.3, 0.4) is 0 Å². The van der Waals surface area contributed by atoms with Crippen LogP contribution in [0, 0.1) is 13.8 Å². The molecule has 0 aliphatic carbocycles. The number of unbranched alkanes of at least 4 members (excludes halogenated alkanes) is 1. The molecule has 152 valence electrons. The van der Waals surface area contributed by atoms with E-state index in [2.05, 4.69) is 10.6 Å². The molecule has 0 saturated carbocycles. The lowest BCUT2D eigenvalue weighted by Gasteiger charge is -2.17. The van der Waals surface area contributed by atoms with Gasteiger partial charge in [-0.2, -0.15) is 0 Å². The van der Waals surface area contributed by atoms with E-state index in [1.807, 2.05) is 20.8 Å². The maximum atomic E-state index is 13.2. The van der Waals surface area contributed by atoms with Crippen molar-refractivity contribution in [1.29, 1.82) is 0 Å². The summed E-state index contributed by atoms with van der Waals surface area (Å²) in [7, 11) is -3.85.